The van der Waals surface area contributed by atoms with Gasteiger partial charge in [0.2, 0.25) is 0 Å². The van der Waals surface area contributed by atoms with Gasteiger partial charge in [0.15, 0.2) is 0 Å². The second-order valence-corrected chi connectivity index (χ2v) is 4.90. The second-order valence-electron chi connectivity index (χ2n) is 4.90. The largest absolute Gasteiger partial charge is 0.463 e. The molecule has 0 aliphatic rings. The molecule has 1 aromatic rings. The van der Waals surface area contributed by atoms with Crippen molar-refractivity contribution in [1.82, 2.24) is 5.06 Å². The van der Waals surface area contributed by atoms with Gasteiger partial charge in [0, 0.05) is 0 Å². The molecule has 0 bridgehead atoms. The van der Waals surface area contributed by atoms with Crippen LogP contribution in [0.3, 0.4) is 0 Å². The average molecular weight is 251 g/mol. The van der Waals surface area contributed by atoms with Gasteiger partial charge >= 0.3 is 6.09 Å². The van der Waals surface area contributed by atoms with Gasteiger partial charge in [-0.05, 0) is 25.8 Å². The SMILES string of the molecule is CCCC(C)(C)N(OCc1ccccc1)C(=O)O. The zero-order chi connectivity index (χ0) is 13.6. The summed E-state index contributed by atoms with van der Waals surface area (Å²) in [5.41, 5.74) is 0.436. The summed E-state index contributed by atoms with van der Waals surface area (Å²) < 4.78 is 0. The normalized spacial score (nSPS) is 11.3. The zero-order valence-electron chi connectivity index (χ0n) is 11.2. The number of nitrogens with zero attached hydrogens (tertiary/aromatic N) is 1. The van der Waals surface area contributed by atoms with Gasteiger partial charge in [-0.3, -0.25) is 4.84 Å². The molecule has 1 N–H and O–H groups in total. The maximum Gasteiger partial charge on any atom is 0.432 e. The van der Waals surface area contributed by atoms with E-state index in [0.717, 1.165) is 23.5 Å². The summed E-state index contributed by atoms with van der Waals surface area (Å²) >= 11 is 0. The van der Waals surface area contributed by atoms with Gasteiger partial charge < -0.3 is 5.11 Å². The fraction of sp³-hybridized carbons (Fsp3) is 0.500. The predicted molar refractivity (Wildman–Crippen MR) is 70.1 cm³/mol. The molecular weight excluding hydrogens is 230 g/mol. The van der Waals surface area contributed by atoms with Gasteiger partial charge in [-0.2, -0.15) is 5.06 Å². The van der Waals surface area contributed by atoms with Gasteiger partial charge in [0.1, 0.15) is 6.61 Å². The first-order chi connectivity index (χ1) is 8.47. The summed E-state index contributed by atoms with van der Waals surface area (Å²) in [6.45, 7) is 6.03. The van der Waals surface area contributed by atoms with Crippen LogP contribution >= 0.6 is 0 Å². The van der Waals surface area contributed by atoms with Gasteiger partial charge in [-0.25, -0.2) is 4.79 Å². The van der Waals surface area contributed by atoms with E-state index < -0.39 is 11.6 Å². The molecule has 0 unspecified atom stereocenters. The fourth-order valence-corrected chi connectivity index (χ4v) is 1.92. The van der Waals surface area contributed by atoms with Crippen LogP contribution in [0.4, 0.5) is 4.79 Å². The molecule has 0 radical (unpaired) electrons. The molecule has 0 fully saturated rings. The van der Waals surface area contributed by atoms with Crippen LogP contribution in [0.2, 0.25) is 0 Å². The molecule has 0 aromatic heterocycles. The van der Waals surface area contributed by atoms with Crippen molar-refractivity contribution in [3.63, 3.8) is 0 Å². The summed E-state index contributed by atoms with van der Waals surface area (Å²) in [6.07, 6.45) is 0.615. The fourth-order valence-electron chi connectivity index (χ4n) is 1.92. The first-order valence-electron chi connectivity index (χ1n) is 6.17. The minimum absolute atomic E-state index is 0.264. The number of benzene rings is 1. The molecule has 0 aliphatic heterocycles. The molecule has 1 aromatic carbocycles. The van der Waals surface area contributed by atoms with Crippen molar-refractivity contribution >= 4 is 6.09 Å². The van der Waals surface area contributed by atoms with Gasteiger partial charge in [0.25, 0.3) is 0 Å². The number of rotatable bonds is 6. The van der Waals surface area contributed by atoms with E-state index in [4.69, 9.17) is 4.84 Å². The minimum Gasteiger partial charge on any atom is -0.463 e. The molecule has 0 atom stereocenters. The average Bonchev–Trinajstić information content (AvgIpc) is 2.29. The monoisotopic (exact) mass is 251 g/mol. The number of hydrogen-bond acceptors (Lipinski definition) is 2. The Hall–Kier alpha value is -1.55. The molecule has 4 nitrogen and oxygen atoms in total. The van der Waals surface area contributed by atoms with E-state index in [1.807, 2.05) is 51.1 Å². The lowest BCUT2D eigenvalue weighted by Gasteiger charge is -2.34. The topological polar surface area (TPSA) is 49.8 Å². The lowest BCUT2D eigenvalue weighted by atomic mass is 9.99. The Morgan fingerprint density at radius 1 is 1.33 bits per heavy atom. The van der Waals surface area contributed by atoms with E-state index in [9.17, 15) is 9.90 Å². The highest BCUT2D eigenvalue weighted by Gasteiger charge is 2.31. The highest BCUT2D eigenvalue weighted by Crippen LogP contribution is 2.22. The van der Waals surface area contributed by atoms with Crippen LogP contribution < -0.4 is 0 Å². The highest BCUT2D eigenvalue weighted by molar-refractivity contribution is 5.64. The standard InChI is InChI=1S/C14H21NO3/c1-4-10-14(2,3)15(13(16)17)18-11-12-8-6-5-7-9-12/h5-9H,4,10-11H2,1-3H3,(H,16,17). The third kappa shape index (κ3) is 4.04. The van der Waals surface area contributed by atoms with E-state index in [2.05, 4.69) is 0 Å². The van der Waals surface area contributed by atoms with Gasteiger partial charge in [-0.1, -0.05) is 43.7 Å². The summed E-state index contributed by atoms with van der Waals surface area (Å²) in [5, 5.41) is 10.3. The van der Waals surface area contributed by atoms with Crippen LogP contribution in [0.15, 0.2) is 30.3 Å². The van der Waals surface area contributed by atoms with Crippen LogP contribution in [0, 0.1) is 0 Å². The Morgan fingerprint density at radius 2 is 1.94 bits per heavy atom. The Bertz CT molecular complexity index is 376. The van der Waals surface area contributed by atoms with E-state index in [1.165, 1.54) is 0 Å². The van der Waals surface area contributed by atoms with Crippen molar-refractivity contribution in [3.05, 3.63) is 35.9 Å². The quantitative estimate of drug-likeness (QED) is 0.785. The molecule has 4 heteroatoms. The summed E-state index contributed by atoms with van der Waals surface area (Å²) in [4.78, 5) is 16.7. The van der Waals surface area contributed by atoms with Crippen LogP contribution in [-0.4, -0.2) is 21.8 Å². The maximum atomic E-state index is 11.2. The maximum absolute atomic E-state index is 11.2. The van der Waals surface area contributed by atoms with Crippen molar-refractivity contribution in [1.29, 1.82) is 0 Å². The third-order valence-electron chi connectivity index (χ3n) is 2.79. The molecule has 1 rings (SSSR count). The van der Waals surface area contributed by atoms with E-state index >= 15 is 0 Å². The number of amides is 1. The van der Waals surface area contributed by atoms with Crippen LogP contribution in [0.5, 0.6) is 0 Å². The van der Waals surface area contributed by atoms with E-state index in [1.54, 1.807) is 0 Å². The van der Waals surface area contributed by atoms with E-state index in [-0.39, 0.29) is 6.61 Å². The van der Waals surface area contributed by atoms with Crippen molar-refractivity contribution in [3.8, 4) is 0 Å². The lowest BCUT2D eigenvalue weighted by Crippen LogP contribution is -2.46. The van der Waals surface area contributed by atoms with Gasteiger partial charge in [-0.15, -0.1) is 0 Å². The summed E-state index contributed by atoms with van der Waals surface area (Å²) in [6, 6.07) is 9.54. The molecule has 18 heavy (non-hydrogen) atoms. The summed E-state index contributed by atoms with van der Waals surface area (Å²) in [5.74, 6) is 0. The smallest absolute Gasteiger partial charge is 0.432 e. The zero-order valence-corrected chi connectivity index (χ0v) is 11.2. The molecule has 0 heterocycles. The van der Waals surface area contributed by atoms with Gasteiger partial charge in [0.05, 0.1) is 5.54 Å². The Balaban J connectivity index is 2.67. The molecule has 0 saturated heterocycles. The van der Waals surface area contributed by atoms with Crippen molar-refractivity contribution in [2.45, 2.75) is 45.8 Å². The predicted octanol–water partition coefficient (Wildman–Crippen LogP) is 3.68. The number of carboxylic acid groups (broad SMARTS) is 1. The number of hydroxylamine groups is 2. The molecule has 0 saturated carbocycles. The van der Waals surface area contributed by atoms with Crippen LogP contribution in [0.25, 0.3) is 0 Å². The minimum atomic E-state index is -1.05. The Morgan fingerprint density at radius 3 is 2.44 bits per heavy atom. The Labute approximate surface area is 108 Å². The molecule has 100 valence electrons. The molecule has 1 amide bonds. The highest BCUT2D eigenvalue weighted by atomic mass is 16.7. The lowest BCUT2D eigenvalue weighted by molar-refractivity contribution is -0.194. The second kappa shape index (κ2) is 6.40. The molecular formula is C14H21NO3. The Kier molecular flexibility index (Phi) is 5.16. The first kappa shape index (κ1) is 14.5. The summed E-state index contributed by atoms with van der Waals surface area (Å²) in [7, 11) is 0. The van der Waals surface area contributed by atoms with E-state index in [0.29, 0.717) is 0 Å². The number of hydrogen-bond donors (Lipinski definition) is 1. The van der Waals surface area contributed by atoms with Crippen LogP contribution in [0.1, 0.15) is 39.2 Å². The number of carbonyl (C=O) groups is 1. The third-order valence-corrected chi connectivity index (χ3v) is 2.79. The van der Waals surface area contributed by atoms with Crippen molar-refractivity contribution < 1.29 is 14.7 Å². The van der Waals surface area contributed by atoms with Crippen molar-refractivity contribution in [2.24, 2.45) is 0 Å². The van der Waals surface area contributed by atoms with Crippen LogP contribution in [-0.2, 0) is 11.4 Å². The molecule has 0 aliphatic carbocycles. The first-order valence-corrected chi connectivity index (χ1v) is 6.17. The molecule has 0 spiro atoms. The van der Waals surface area contributed by atoms with Crippen molar-refractivity contribution in [2.75, 3.05) is 0 Å².